The summed E-state index contributed by atoms with van der Waals surface area (Å²) < 4.78 is 6.04. The number of aromatic nitrogens is 5. The van der Waals surface area contributed by atoms with E-state index < -0.39 is 0 Å². The van der Waals surface area contributed by atoms with Crippen LogP contribution in [-0.4, -0.2) is 54.5 Å². The summed E-state index contributed by atoms with van der Waals surface area (Å²) in [6.45, 7) is 2.69. The Hall–Kier alpha value is -3.29. The summed E-state index contributed by atoms with van der Waals surface area (Å²) in [5, 5.41) is 8.35. The van der Waals surface area contributed by atoms with Crippen molar-refractivity contribution >= 4 is 5.91 Å². The minimum atomic E-state index is -0.0830. The van der Waals surface area contributed by atoms with Crippen molar-refractivity contribution in [2.24, 2.45) is 5.92 Å². The fourth-order valence-electron chi connectivity index (χ4n) is 4.23. The molecule has 1 aliphatic heterocycles. The first-order valence-electron chi connectivity index (χ1n) is 9.41. The first kappa shape index (κ1) is 16.9. The number of hydrogen-bond acceptors (Lipinski definition) is 6. The Labute approximate surface area is 162 Å². The van der Waals surface area contributed by atoms with Crippen LogP contribution in [-0.2, 0) is 0 Å². The number of fused-ring (bicyclic) bond motifs is 2. The minimum absolute atomic E-state index is 0.0153. The van der Waals surface area contributed by atoms with Gasteiger partial charge in [-0.1, -0.05) is 12.1 Å². The van der Waals surface area contributed by atoms with Crippen LogP contribution in [0.2, 0.25) is 0 Å². The Morgan fingerprint density at radius 3 is 2.61 bits per heavy atom. The Kier molecular flexibility index (Phi) is 4.03. The summed E-state index contributed by atoms with van der Waals surface area (Å²) >= 11 is 0. The van der Waals surface area contributed by atoms with Crippen LogP contribution < -0.4 is 4.74 Å². The standard InChI is InChI=1S/C20H20N6O2/c1-13-10-21-20(22-11-13)28-18-9-14-8-17(18)25(12-14)19(27)15-4-2-3-5-16(15)26-23-6-7-24-26/h2-7,10-11,14,17-18H,8-9,12H2,1H3/t14-,17+,18-/m1/s1. The van der Waals surface area contributed by atoms with E-state index in [0.29, 0.717) is 23.2 Å². The fraction of sp³-hybridized carbons (Fsp3) is 0.350. The lowest BCUT2D eigenvalue weighted by atomic mass is 10.1. The smallest absolute Gasteiger partial charge is 0.316 e. The average molecular weight is 376 g/mol. The van der Waals surface area contributed by atoms with Crippen LogP contribution in [0.5, 0.6) is 6.01 Å². The number of rotatable bonds is 4. The van der Waals surface area contributed by atoms with Gasteiger partial charge in [-0.15, -0.1) is 0 Å². The van der Waals surface area contributed by atoms with Gasteiger partial charge in [-0.3, -0.25) is 4.79 Å². The van der Waals surface area contributed by atoms with Gasteiger partial charge >= 0.3 is 6.01 Å². The zero-order valence-corrected chi connectivity index (χ0v) is 15.5. The van der Waals surface area contributed by atoms with Gasteiger partial charge in [-0.05, 0) is 43.4 Å². The topological polar surface area (TPSA) is 86.0 Å². The number of piperidine rings is 1. The van der Waals surface area contributed by atoms with Gasteiger partial charge in [0.15, 0.2) is 0 Å². The van der Waals surface area contributed by atoms with Gasteiger partial charge in [0.2, 0.25) is 0 Å². The number of benzene rings is 1. The molecule has 2 fully saturated rings. The maximum absolute atomic E-state index is 13.4. The number of aryl methyl sites for hydroxylation is 1. The number of para-hydroxylation sites is 1. The van der Waals surface area contributed by atoms with E-state index in [1.807, 2.05) is 36.1 Å². The van der Waals surface area contributed by atoms with E-state index in [-0.39, 0.29) is 18.1 Å². The van der Waals surface area contributed by atoms with Crippen molar-refractivity contribution in [2.45, 2.75) is 31.9 Å². The Morgan fingerprint density at radius 1 is 1.11 bits per heavy atom. The van der Waals surface area contributed by atoms with Crippen LogP contribution in [0.4, 0.5) is 0 Å². The molecule has 5 rings (SSSR count). The van der Waals surface area contributed by atoms with Gasteiger partial charge < -0.3 is 9.64 Å². The lowest BCUT2D eigenvalue weighted by Gasteiger charge is -2.33. The first-order chi connectivity index (χ1) is 13.7. The van der Waals surface area contributed by atoms with Crippen molar-refractivity contribution in [3.8, 4) is 11.7 Å². The summed E-state index contributed by atoms with van der Waals surface area (Å²) in [7, 11) is 0. The monoisotopic (exact) mass is 376 g/mol. The van der Waals surface area contributed by atoms with Crippen LogP contribution in [0, 0.1) is 12.8 Å². The molecule has 142 valence electrons. The van der Waals surface area contributed by atoms with Gasteiger partial charge in [0.25, 0.3) is 5.91 Å². The predicted octanol–water partition coefficient (Wildman–Crippen LogP) is 2.05. The summed E-state index contributed by atoms with van der Waals surface area (Å²) in [5.41, 5.74) is 2.26. The highest BCUT2D eigenvalue weighted by Gasteiger charge is 2.48. The molecule has 2 aromatic heterocycles. The van der Waals surface area contributed by atoms with Crippen LogP contribution in [0.3, 0.4) is 0 Å². The Morgan fingerprint density at radius 2 is 1.86 bits per heavy atom. The number of nitrogens with zero attached hydrogens (tertiary/aromatic N) is 6. The van der Waals surface area contributed by atoms with E-state index in [0.717, 1.165) is 24.9 Å². The molecule has 3 aromatic rings. The minimum Gasteiger partial charge on any atom is -0.458 e. The fourth-order valence-corrected chi connectivity index (χ4v) is 4.23. The lowest BCUT2D eigenvalue weighted by molar-refractivity contribution is 0.0452. The van der Waals surface area contributed by atoms with E-state index in [1.165, 1.54) is 4.80 Å². The van der Waals surface area contributed by atoms with Crippen molar-refractivity contribution < 1.29 is 9.53 Å². The molecular weight excluding hydrogens is 356 g/mol. The maximum atomic E-state index is 13.4. The van der Waals surface area contributed by atoms with Crippen molar-refractivity contribution in [2.75, 3.05) is 6.54 Å². The Balaban J connectivity index is 1.39. The zero-order chi connectivity index (χ0) is 19.1. The molecule has 0 N–H and O–H groups in total. The molecule has 0 spiro atoms. The van der Waals surface area contributed by atoms with E-state index in [9.17, 15) is 4.79 Å². The van der Waals surface area contributed by atoms with Gasteiger partial charge in [0, 0.05) is 18.9 Å². The molecule has 3 heterocycles. The molecule has 1 aliphatic carbocycles. The zero-order valence-electron chi connectivity index (χ0n) is 15.5. The number of amides is 1. The molecule has 1 saturated heterocycles. The van der Waals surface area contributed by atoms with Gasteiger partial charge in [0.1, 0.15) is 6.10 Å². The number of carbonyl (C=O) groups is 1. The third-order valence-corrected chi connectivity index (χ3v) is 5.47. The Bertz CT molecular complexity index is 988. The molecule has 1 aromatic carbocycles. The average Bonchev–Trinajstić information content (AvgIpc) is 3.46. The maximum Gasteiger partial charge on any atom is 0.316 e. The summed E-state index contributed by atoms with van der Waals surface area (Å²) in [5.74, 6) is 0.429. The molecule has 1 saturated carbocycles. The molecule has 3 atom stereocenters. The summed E-state index contributed by atoms with van der Waals surface area (Å²) in [6.07, 6.45) is 8.48. The molecule has 1 amide bonds. The second-order valence-corrected chi connectivity index (χ2v) is 7.40. The largest absolute Gasteiger partial charge is 0.458 e. The normalized spacial score (nSPS) is 23.2. The van der Waals surface area contributed by atoms with Crippen LogP contribution in [0.25, 0.3) is 5.69 Å². The number of carbonyl (C=O) groups excluding carboxylic acids is 1. The van der Waals surface area contributed by atoms with E-state index in [4.69, 9.17) is 4.74 Å². The second-order valence-electron chi connectivity index (χ2n) is 7.40. The number of hydrogen-bond donors (Lipinski definition) is 0. The van der Waals surface area contributed by atoms with Crippen LogP contribution >= 0.6 is 0 Å². The highest BCUT2D eigenvalue weighted by molar-refractivity contribution is 5.98. The van der Waals surface area contributed by atoms with Crippen molar-refractivity contribution in [3.63, 3.8) is 0 Å². The molecule has 2 bridgehead atoms. The molecular formula is C20H20N6O2. The summed E-state index contributed by atoms with van der Waals surface area (Å²) in [4.78, 5) is 25.3. The van der Waals surface area contributed by atoms with Crippen molar-refractivity contribution in [1.29, 1.82) is 0 Å². The molecule has 8 heteroatoms. The quantitative estimate of drug-likeness (QED) is 0.693. The lowest BCUT2D eigenvalue weighted by Crippen LogP contribution is -2.47. The third-order valence-electron chi connectivity index (χ3n) is 5.47. The van der Waals surface area contributed by atoms with E-state index >= 15 is 0 Å². The molecule has 0 radical (unpaired) electrons. The van der Waals surface area contributed by atoms with Crippen molar-refractivity contribution in [3.05, 3.63) is 60.2 Å². The van der Waals surface area contributed by atoms with Gasteiger partial charge in [0.05, 0.1) is 29.7 Å². The molecule has 0 unspecified atom stereocenters. The van der Waals surface area contributed by atoms with E-state index in [2.05, 4.69) is 20.2 Å². The highest BCUT2D eigenvalue weighted by atomic mass is 16.5. The second kappa shape index (κ2) is 6.70. The third kappa shape index (κ3) is 2.90. The first-order valence-corrected chi connectivity index (χ1v) is 9.41. The van der Waals surface area contributed by atoms with Crippen LogP contribution in [0.1, 0.15) is 28.8 Å². The summed E-state index contributed by atoms with van der Waals surface area (Å²) in [6, 6.07) is 7.83. The van der Waals surface area contributed by atoms with Crippen molar-refractivity contribution in [1.82, 2.24) is 29.9 Å². The van der Waals surface area contributed by atoms with Gasteiger partial charge in [-0.2, -0.15) is 15.0 Å². The van der Waals surface area contributed by atoms with E-state index in [1.54, 1.807) is 24.8 Å². The predicted molar refractivity (Wildman–Crippen MR) is 100 cm³/mol. The SMILES string of the molecule is Cc1cnc(O[C@@H]2C[C@H]3C[C@@H]2N(C(=O)c2ccccc2-n2nccn2)C3)nc1. The highest BCUT2D eigenvalue weighted by Crippen LogP contribution is 2.40. The number of ether oxygens (including phenoxy) is 1. The molecule has 2 aliphatic rings. The molecule has 28 heavy (non-hydrogen) atoms. The molecule has 8 nitrogen and oxygen atoms in total. The number of likely N-dealkylation sites (tertiary alicyclic amines) is 1. The van der Waals surface area contributed by atoms with Crippen LogP contribution in [0.15, 0.2) is 49.1 Å². The van der Waals surface area contributed by atoms with Gasteiger partial charge in [-0.25, -0.2) is 9.97 Å².